The first-order valence-electron chi connectivity index (χ1n) is 7.09. The molecule has 0 N–H and O–H groups in total. The van der Waals surface area contributed by atoms with E-state index in [2.05, 4.69) is 52.3 Å². The van der Waals surface area contributed by atoms with E-state index in [4.69, 9.17) is 0 Å². The fourth-order valence-electron chi connectivity index (χ4n) is 2.95. The molecule has 2 rings (SSSR count). The van der Waals surface area contributed by atoms with Gasteiger partial charge >= 0.3 is 0 Å². The molecule has 1 aliphatic rings. The smallest absolute Gasteiger partial charge is 0.00297 e. The number of allylic oxidation sites excluding steroid dienone is 5. The Kier molecular flexibility index (Phi) is 3.94. The van der Waals surface area contributed by atoms with Crippen molar-refractivity contribution in [3.63, 3.8) is 0 Å². The van der Waals surface area contributed by atoms with Crippen LogP contribution in [0.25, 0.3) is 17.2 Å². The molecule has 0 aromatic heterocycles. The van der Waals surface area contributed by atoms with E-state index in [1.165, 1.54) is 22.3 Å². The van der Waals surface area contributed by atoms with Gasteiger partial charge < -0.3 is 0 Å². The monoisotopic (exact) mass is 262 g/mol. The van der Waals surface area contributed by atoms with E-state index < -0.39 is 0 Å². The van der Waals surface area contributed by atoms with Crippen molar-refractivity contribution in [3.8, 4) is 0 Å². The van der Waals surface area contributed by atoms with Crippen LogP contribution >= 0.6 is 0 Å². The second-order valence-corrected chi connectivity index (χ2v) is 5.22. The minimum atomic E-state index is 0.515. The predicted molar refractivity (Wildman–Crippen MR) is 91.6 cm³/mol. The van der Waals surface area contributed by atoms with Crippen LogP contribution in [0.5, 0.6) is 0 Å². The van der Waals surface area contributed by atoms with Crippen LogP contribution in [0.3, 0.4) is 0 Å². The summed E-state index contributed by atoms with van der Waals surface area (Å²) in [6, 6.07) is 4.40. The minimum absolute atomic E-state index is 0.515. The van der Waals surface area contributed by atoms with Gasteiger partial charge in [0.15, 0.2) is 0 Å². The van der Waals surface area contributed by atoms with Crippen molar-refractivity contribution >= 4 is 17.2 Å². The van der Waals surface area contributed by atoms with Gasteiger partial charge in [-0.05, 0) is 51.3 Å². The highest BCUT2D eigenvalue weighted by Crippen LogP contribution is 2.45. The third-order valence-corrected chi connectivity index (χ3v) is 4.24. The van der Waals surface area contributed by atoms with Crippen LogP contribution in [-0.2, 0) is 0 Å². The van der Waals surface area contributed by atoms with Crippen LogP contribution in [0.1, 0.15) is 48.4 Å². The van der Waals surface area contributed by atoms with E-state index >= 15 is 0 Å². The zero-order chi connectivity index (χ0) is 14.9. The summed E-state index contributed by atoms with van der Waals surface area (Å²) in [5.41, 5.74) is 8.18. The zero-order valence-electron chi connectivity index (χ0n) is 12.5. The van der Waals surface area contributed by atoms with Gasteiger partial charge in [0.25, 0.3) is 0 Å². The summed E-state index contributed by atoms with van der Waals surface area (Å²) in [5.74, 6) is 0.515. The van der Waals surface area contributed by atoms with Crippen molar-refractivity contribution in [3.05, 3.63) is 78.4 Å². The summed E-state index contributed by atoms with van der Waals surface area (Å²) in [6.45, 7) is 20.6. The lowest BCUT2D eigenvalue weighted by Gasteiger charge is -2.17. The summed E-state index contributed by atoms with van der Waals surface area (Å²) in [7, 11) is 0. The summed E-state index contributed by atoms with van der Waals surface area (Å²) >= 11 is 0. The molecule has 0 saturated heterocycles. The first-order chi connectivity index (χ1) is 9.60. The molecule has 0 heteroatoms. The fraction of sp³-hybridized carbons (Fsp3) is 0.200. The van der Waals surface area contributed by atoms with Crippen LogP contribution in [0, 0.1) is 0 Å². The van der Waals surface area contributed by atoms with Gasteiger partial charge in [0.05, 0.1) is 0 Å². The Morgan fingerprint density at radius 2 is 1.70 bits per heavy atom. The standard InChI is InChI=1S/C20H22/c1-7-13(5)18-11-12-19-16(9-3)15(8-2)14(6)20(19)17(18)10-4/h8-13H,2-4,6-7H2,1,5H3. The van der Waals surface area contributed by atoms with Gasteiger partial charge in [0.2, 0.25) is 0 Å². The minimum Gasteiger partial charge on any atom is -0.0984 e. The first-order valence-corrected chi connectivity index (χ1v) is 7.09. The van der Waals surface area contributed by atoms with E-state index in [-0.39, 0.29) is 0 Å². The topological polar surface area (TPSA) is 0 Å². The summed E-state index contributed by atoms with van der Waals surface area (Å²) in [5, 5.41) is 0. The molecule has 1 aliphatic carbocycles. The Labute approximate surface area is 122 Å². The molecule has 0 aliphatic heterocycles. The maximum absolute atomic E-state index is 4.26. The van der Waals surface area contributed by atoms with Crippen LogP contribution in [0.4, 0.5) is 0 Å². The second kappa shape index (κ2) is 5.50. The van der Waals surface area contributed by atoms with Crippen LogP contribution in [0.15, 0.2) is 56.2 Å². The van der Waals surface area contributed by atoms with Crippen molar-refractivity contribution in [1.82, 2.24) is 0 Å². The van der Waals surface area contributed by atoms with Gasteiger partial charge in [-0.2, -0.15) is 0 Å². The van der Waals surface area contributed by atoms with Crippen LogP contribution in [0.2, 0.25) is 0 Å². The zero-order valence-corrected chi connectivity index (χ0v) is 12.5. The Balaban J connectivity index is 2.76. The summed E-state index contributed by atoms with van der Waals surface area (Å²) < 4.78 is 0. The van der Waals surface area contributed by atoms with E-state index in [9.17, 15) is 0 Å². The van der Waals surface area contributed by atoms with Gasteiger partial charge in [-0.3, -0.25) is 0 Å². The highest BCUT2D eigenvalue weighted by molar-refractivity contribution is 6.06. The van der Waals surface area contributed by atoms with Crippen LogP contribution < -0.4 is 0 Å². The molecule has 0 nitrogen and oxygen atoms in total. The SMILES string of the molecule is C=CC1=C(C=C)c2ccc(C(C)CC)c(C=C)c2C1=C. The van der Waals surface area contributed by atoms with Gasteiger partial charge in [0, 0.05) is 0 Å². The first kappa shape index (κ1) is 14.3. The molecular formula is C20H22. The Hall–Kier alpha value is -2.08. The number of fused-ring (bicyclic) bond motifs is 1. The van der Waals surface area contributed by atoms with Gasteiger partial charge in [-0.1, -0.05) is 70.5 Å². The van der Waals surface area contributed by atoms with E-state index in [1.54, 1.807) is 0 Å². The highest BCUT2D eigenvalue weighted by Gasteiger charge is 2.25. The number of hydrogen-bond acceptors (Lipinski definition) is 0. The van der Waals surface area contributed by atoms with Crippen molar-refractivity contribution in [1.29, 1.82) is 0 Å². The number of rotatable bonds is 5. The molecule has 0 spiro atoms. The van der Waals surface area contributed by atoms with Gasteiger partial charge in [-0.15, -0.1) is 0 Å². The second-order valence-electron chi connectivity index (χ2n) is 5.22. The van der Waals surface area contributed by atoms with Gasteiger partial charge in [0.1, 0.15) is 0 Å². The average molecular weight is 262 g/mol. The van der Waals surface area contributed by atoms with Crippen molar-refractivity contribution in [2.75, 3.05) is 0 Å². The average Bonchev–Trinajstić information content (AvgIpc) is 2.77. The molecule has 0 amide bonds. The van der Waals surface area contributed by atoms with Crippen LogP contribution in [-0.4, -0.2) is 0 Å². The Morgan fingerprint density at radius 1 is 1.05 bits per heavy atom. The molecule has 0 bridgehead atoms. The molecule has 20 heavy (non-hydrogen) atoms. The molecule has 0 radical (unpaired) electrons. The highest BCUT2D eigenvalue weighted by atomic mass is 14.3. The van der Waals surface area contributed by atoms with Crippen molar-refractivity contribution in [2.24, 2.45) is 0 Å². The lowest BCUT2D eigenvalue weighted by atomic mass is 9.87. The predicted octanol–water partition coefficient (Wildman–Crippen LogP) is 6.00. The number of benzene rings is 1. The third-order valence-electron chi connectivity index (χ3n) is 4.24. The van der Waals surface area contributed by atoms with Gasteiger partial charge in [-0.25, -0.2) is 0 Å². The molecule has 0 fully saturated rings. The Bertz CT molecular complexity index is 638. The lowest BCUT2D eigenvalue weighted by Crippen LogP contribution is -1.99. The largest absolute Gasteiger partial charge is 0.0984 e. The normalized spacial score (nSPS) is 15.0. The molecular weight excluding hydrogens is 240 g/mol. The lowest BCUT2D eigenvalue weighted by molar-refractivity contribution is 0.732. The fourth-order valence-corrected chi connectivity index (χ4v) is 2.95. The molecule has 0 saturated carbocycles. The molecule has 0 heterocycles. The molecule has 1 aromatic carbocycles. The maximum atomic E-state index is 4.26. The van der Waals surface area contributed by atoms with E-state index in [1.807, 2.05) is 18.2 Å². The summed E-state index contributed by atoms with van der Waals surface area (Å²) in [4.78, 5) is 0. The number of hydrogen-bond donors (Lipinski definition) is 0. The third kappa shape index (κ3) is 1.92. The summed E-state index contributed by atoms with van der Waals surface area (Å²) in [6.07, 6.45) is 6.83. The molecule has 1 aromatic rings. The van der Waals surface area contributed by atoms with Crippen molar-refractivity contribution < 1.29 is 0 Å². The molecule has 1 unspecified atom stereocenters. The van der Waals surface area contributed by atoms with E-state index in [0.29, 0.717) is 5.92 Å². The maximum Gasteiger partial charge on any atom is -0.00297 e. The quantitative estimate of drug-likeness (QED) is 0.611. The molecule has 102 valence electrons. The molecule has 1 atom stereocenters. The Morgan fingerprint density at radius 3 is 2.20 bits per heavy atom. The van der Waals surface area contributed by atoms with Crippen molar-refractivity contribution in [2.45, 2.75) is 26.2 Å². The van der Waals surface area contributed by atoms with E-state index in [0.717, 1.165) is 23.1 Å².